The molecule has 2 aromatic rings. The van der Waals surface area contributed by atoms with E-state index in [-0.39, 0.29) is 0 Å². The van der Waals surface area contributed by atoms with E-state index in [1.807, 2.05) is 24.0 Å². The minimum Gasteiger partial charge on any atom is -0.380 e. The molecule has 1 aliphatic heterocycles. The number of nitrogens with one attached hydrogen (secondary N) is 1. The third-order valence-electron chi connectivity index (χ3n) is 4.84. The second-order valence-corrected chi connectivity index (χ2v) is 6.75. The highest BCUT2D eigenvalue weighted by molar-refractivity contribution is 5.80. The van der Waals surface area contributed by atoms with Crippen LogP contribution in [0.2, 0.25) is 0 Å². The zero-order valence-corrected chi connectivity index (χ0v) is 16.0. The number of aromatic nitrogens is 2. The maximum absolute atomic E-state index is 5.31. The smallest absolute Gasteiger partial charge is 0.194 e. The van der Waals surface area contributed by atoms with Gasteiger partial charge in [-0.15, -0.1) is 0 Å². The summed E-state index contributed by atoms with van der Waals surface area (Å²) >= 11 is 0. The van der Waals surface area contributed by atoms with E-state index < -0.39 is 0 Å². The van der Waals surface area contributed by atoms with Crippen LogP contribution < -0.4 is 5.32 Å². The van der Waals surface area contributed by atoms with Gasteiger partial charge in [0.2, 0.25) is 0 Å². The molecule has 1 saturated heterocycles. The summed E-state index contributed by atoms with van der Waals surface area (Å²) < 4.78 is 7.18. The molecule has 140 valence electrons. The van der Waals surface area contributed by atoms with E-state index in [1.165, 1.54) is 16.7 Å². The van der Waals surface area contributed by atoms with Crippen LogP contribution in [-0.2, 0) is 24.9 Å². The van der Waals surface area contributed by atoms with Gasteiger partial charge in [-0.2, -0.15) is 5.10 Å². The predicted octanol–water partition coefficient (Wildman–Crippen LogP) is 2.52. The molecule has 3 rings (SSSR count). The first-order valence-electron chi connectivity index (χ1n) is 9.28. The average molecular weight is 355 g/mol. The molecule has 1 fully saturated rings. The highest BCUT2D eigenvalue weighted by Crippen LogP contribution is 2.26. The molecule has 1 atom stereocenters. The Kier molecular flexibility index (Phi) is 6.28. The zero-order chi connectivity index (χ0) is 18.4. The highest BCUT2D eigenvalue weighted by atomic mass is 16.5. The van der Waals surface area contributed by atoms with E-state index in [4.69, 9.17) is 9.73 Å². The van der Waals surface area contributed by atoms with Crippen molar-refractivity contribution in [2.75, 3.05) is 26.7 Å². The van der Waals surface area contributed by atoms with Gasteiger partial charge in [-0.25, -0.2) is 4.99 Å². The molecule has 0 bridgehead atoms. The van der Waals surface area contributed by atoms with Gasteiger partial charge in [0.15, 0.2) is 5.96 Å². The van der Waals surface area contributed by atoms with E-state index in [9.17, 15) is 0 Å². The first-order chi connectivity index (χ1) is 12.7. The Hall–Kier alpha value is -2.34. The molecule has 0 radical (unpaired) electrons. The second-order valence-electron chi connectivity index (χ2n) is 6.75. The lowest BCUT2D eigenvalue weighted by atomic mass is 10.0. The van der Waals surface area contributed by atoms with Gasteiger partial charge >= 0.3 is 0 Å². The van der Waals surface area contributed by atoms with Crippen LogP contribution in [0.15, 0.2) is 41.7 Å². The molecule has 6 nitrogen and oxygen atoms in total. The summed E-state index contributed by atoms with van der Waals surface area (Å²) in [5.74, 6) is 1.51. The quantitative estimate of drug-likeness (QED) is 0.639. The lowest BCUT2D eigenvalue weighted by Crippen LogP contribution is -2.40. The molecule has 1 aromatic carbocycles. The Bertz CT molecular complexity index is 739. The number of guanidine groups is 1. The number of nitrogens with zero attached hydrogens (tertiary/aromatic N) is 4. The van der Waals surface area contributed by atoms with Crippen LogP contribution in [-0.4, -0.2) is 47.4 Å². The fourth-order valence-corrected chi connectivity index (χ4v) is 3.47. The summed E-state index contributed by atoms with van der Waals surface area (Å²) in [4.78, 5) is 7.26. The first-order valence-corrected chi connectivity index (χ1v) is 9.28. The van der Waals surface area contributed by atoms with Crippen LogP contribution in [0.3, 0.4) is 0 Å². The Morgan fingerprint density at radius 2 is 2.15 bits per heavy atom. The molecule has 0 amide bonds. The van der Waals surface area contributed by atoms with Crippen molar-refractivity contribution in [1.29, 1.82) is 0 Å². The fourth-order valence-electron chi connectivity index (χ4n) is 3.47. The van der Waals surface area contributed by atoms with E-state index in [1.54, 1.807) is 7.11 Å². The Balaban J connectivity index is 1.70. The van der Waals surface area contributed by atoms with E-state index in [2.05, 4.69) is 46.6 Å². The Morgan fingerprint density at radius 1 is 1.35 bits per heavy atom. The summed E-state index contributed by atoms with van der Waals surface area (Å²) in [6.45, 7) is 6.27. The number of methoxy groups -OCH3 is 1. The number of aliphatic imine (C=N–C) groups is 1. The van der Waals surface area contributed by atoms with Gasteiger partial charge in [0.05, 0.1) is 19.3 Å². The number of aryl methyl sites for hydroxylation is 1. The molecular weight excluding hydrogens is 326 g/mol. The summed E-state index contributed by atoms with van der Waals surface area (Å²) in [7, 11) is 3.70. The summed E-state index contributed by atoms with van der Waals surface area (Å²) in [5, 5.41) is 7.76. The number of rotatable bonds is 6. The van der Waals surface area contributed by atoms with Gasteiger partial charge in [-0.3, -0.25) is 4.68 Å². The average Bonchev–Trinajstić information content (AvgIpc) is 3.29. The van der Waals surface area contributed by atoms with Crippen LogP contribution in [0.25, 0.3) is 0 Å². The zero-order valence-electron chi connectivity index (χ0n) is 16.0. The number of likely N-dealkylation sites (tertiary alicyclic amines) is 1. The predicted molar refractivity (Wildman–Crippen MR) is 104 cm³/mol. The molecular formula is C20H29N5O. The van der Waals surface area contributed by atoms with Gasteiger partial charge in [0.1, 0.15) is 0 Å². The second kappa shape index (κ2) is 8.85. The van der Waals surface area contributed by atoms with Crippen molar-refractivity contribution in [3.8, 4) is 0 Å². The molecule has 0 spiro atoms. The van der Waals surface area contributed by atoms with Gasteiger partial charge in [-0.1, -0.05) is 24.3 Å². The lowest BCUT2D eigenvalue weighted by Gasteiger charge is -2.21. The van der Waals surface area contributed by atoms with Crippen molar-refractivity contribution in [3.63, 3.8) is 0 Å². The normalized spacial score (nSPS) is 17.7. The number of ether oxygens (including phenoxy) is 1. The first kappa shape index (κ1) is 18.5. The van der Waals surface area contributed by atoms with Crippen molar-refractivity contribution >= 4 is 5.96 Å². The number of benzene rings is 1. The maximum atomic E-state index is 5.31. The summed E-state index contributed by atoms with van der Waals surface area (Å²) in [6.07, 6.45) is 5.24. The minimum absolute atomic E-state index is 0.522. The minimum atomic E-state index is 0.522. The van der Waals surface area contributed by atoms with Gasteiger partial charge < -0.3 is 15.0 Å². The van der Waals surface area contributed by atoms with Gasteiger partial charge in [0, 0.05) is 45.9 Å². The summed E-state index contributed by atoms with van der Waals surface area (Å²) in [5.41, 5.74) is 3.73. The van der Waals surface area contributed by atoms with Crippen molar-refractivity contribution in [3.05, 3.63) is 53.3 Å². The van der Waals surface area contributed by atoms with Gasteiger partial charge in [0.25, 0.3) is 0 Å². The molecule has 26 heavy (non-hydrogen) atoms. The van der Waals surface area contributed by atoms with Crippen molar-refractivity contribution in [1.82, 2.24) is 20.0 Å². The van der Waals surface area contributed by atoms with Crippen LogP contribution in [0, 0.1) is 0 Å². The molecule has 0 aliphatic carbocycles. The maximum Gasteiger partial charge on any atom is 0.194 e. The molecule has 1 aliphatic rings. The molecule has 0 saturated carbocycles. The monoisotopic (exact) mass is 355 g/mol. The fraction of sp³-hybridized carbons (Fsp3) is 0.500. The van der Waals surface area contributed by atoms with Crippen molar-refractivity contribution < 1.29 is 4.74 Å². The van der Waals surface area contributed by atoms with Crippen molar-refractivity contribution in [2.45, 2.75) is 32.4 Å². The van der Waals surface area contributed by atoms with E-state index in [0.717, 1.165) is 32.0 Å². The topological polar surface area (TPSA) is 54.7 Å². The van der Waals surface area contributed by atoms with Crippen LogP contribution in [0.4, 0.5) is 0 Å². The van der Waals surface area contributed by atoms with E-state index >= 15 is 0 Å². The van der Waals surface area contributed by atoms with Crippen LogP contribution in [0.1, 0.15) is 36.0 Å². The van der Waals surface area contributed by atoms with Crippen LogP contribution in [0.5, 0.6) is 0 Å². The summed E-state index contributed by atoms with van der Waals surface area (Å²) in [6, 6.07) is 8.34. The largest absolute Gasteiger partial charge is 0.380 e. The number of hydrogen-bond acceptors (Lipinski definition) is 3. The lowest BCUT2D eigenvalue weighted by molar-refractivity contribution is 0.184. The number of hydrogen-bond donors (Lipinski definition) is 1. The standard InChI is InChI=1S/C20H29N5O/c1-4-21-20(22-11-16-7-5-6-8-18(16)15-26-3)25-10-9-17(14-25)19-12-23-24(2)13-19/h5-8,12-13,17H,4,9-11,14-15H2,1-3H3,(H,21,22). The molecule has 1 N–H and O–H groups in total. The van der Waals surface area contributed by atoms with Gasteiger partial charge in [-0.05, 0) is 30.0 Å². The molecule has 2 heterocycles. The highest BCUT2D eigenvalue weighted by Gasteiger charge is 2.26. The van der Waals surface area contributed by atoms with Crippen molar-refractivity contribution in [2.24, 2.45) is 12.0 Å². The third-order valence-corrected chi connectivity index (χ3v) is 4.84. The SMILES string of the molecule is CCNC(=NCc1ccccc1COC)N1CCC(c2cnn(C)c2)C1. The molecule has 6 heteroatoms. The van der Waals surface area contributed by atoms with E-state index in [0.29, 0.717) is 19.1 Å². The molecule has 1 aromatic heterocycles. The third kappa shape index (κ3) is 4.43. The van der Waals surface area contributed by atoms with Crippen LogP contribution >= 0.6 is 0 Å². The Labute approximate surface area is 155 Å². The Morgan fingerprint density at radius 3 is 2.85 bits per heavy atom. The molecule has 1 unspecified atom stereocenters.